The third-order valence-corrected chi connectivity index (χ3v) is 5.69. The van der Waals surface area contributed by atoms with Gasteiger partial charge >= 0.3 is 5.97 Å². The first kappa shape index (κ1) is 18.4. The van der Waals surface area contributed by atoms with Crippen LogP contribution in [0.5, 0.6) is 11.5 Å². The van der Waals surface area contributed by atoms with Crippen molar-refractivity contribution in [1.82, 2.24) is 9.55 Å². The molecule has 3 heterocycles. The van der Waals surface area contributed by atoms with Crippen LogP contribution in [-0.4, -0.2) is 42.0 Å². The number of aromatic nitrogens is 2. The summed E-state index contributed by atoms with van der Waals surface area (Å²) in [5.41, 5.74) is 3.79. The SMILES string of the molecule is COC(=O)c1cc2c3ccccc3n3c2c(n1)C(O)c1c(cc(OC)cc1OC)C3. The summed E-state index contributed by atoms with van der Waals surface area (Å²) < 4.78 is 18.0. The Hall–Kier alpha value is -3.58. The molecule has 1 atom stereocenters. The Morgan fingerprint density at radius 1 is 1.10 bits per heavy atom. The lowest BCUT2D eigenvalue weighted by Crippen LogP contribution is -2.11. The minimum absolute atomic E-state index is 0.151. The number of aliphatic hydroxyl groups is 1. The van der Waals surface area contributed by atoms with E-state index in [9.17, 15) is 9.90 Å². The molecular formula is C23H20N2O5. The van der Waals surface area contributed by atoms with E-state index in [0.29, 0.717) is 29.3 Å². The zero-order valence-corrected chi connectivity index (χ0v) is 16.8. The molecule has 0 spiro atoms. The number of methoxy groups -OCH3 is 3. The number of benzene rings is 2. The topological polar surface area (TPSA) is 82.8 Å². The summed E-state index contributed by atoms with van der Waals surface area (Å²) in [4.78, 5) is 16.8. The third-order valence-electron chi connectivity index (χ3n) is 5.69. The molecule has 0 fully saturated rings. The van der Waals surface area contributed by atoms with Crippen LogP contribution in [0, 0.1) is 0 Å². The summed E-state index contributed by atoms with van der Waals surface area (Å²) in [5.74, 6) is 0.591. The number of rotatable bonds is 3. The molecule has 7 nitrogen and oxygen atoms in total. The zero-order valence-electron chi connectivity index (χ0n) is 16.8. The van der Waals surface area contributed by atoms with Crippen molar-refractivity contribution in [1.29, 1.82) is 0 Å². The van der Waals surface area contributed by atoms with E-state index in [1.54, 1.807) is 26.4 Å². The van der Waals surface area contributed by atoms with Crippen molar-refractivity contribution in [3.63, 3.8) is 0 Å². The predicted octanol–water partition coefficient (Wildman–Crippen LogP) is 3.44. The molecule has 0 bridgehead atoms. The van der Waals surface area contributed by atoms with Crippen molar-refractivity contribution in [3.8, 4) is 11.5 Å². The van der Waals surface area contributed by atoms with Gasteiger partial charge in [0.25, 0.3) is 0 Å². The lowest BCUT2D eigenvalue weighted by Gasteiger charge is -2.18. The standard InChI is InChI=1S/C23H20N2O5/c1-28-13-8-12-11-25-17-7-5-4-6-14(17)15-10-16(23(27)30-3)24-20(21(15)25)22(26)19(12)18(9-13)29-2/h4-10,22,26H,11H2,1-3H3. The molecule has 0 saturated carbocycles. The van der Waals surface area contributed by atoms with Gasteiger partial charge < -0.3 is 23.9 Å². The molecule has 4 aromatic rings. The molecule has 7 heteroatoms. The van der Waals surface area contributed by atoms with Crippen molar-refractivity contribution in [2.45, 2.75) is 12.6 Å². The maximum absolute atomic E-state index is 12.3. The number of hydrogen-bond acceptors (Lipinski definition) is 6. The van der Waals surface area contributed by atoms with E-state index < -0.39 is 12.1 Å². The highest BCUT2D eigenvalue weighted by Gasteiger charge is 2.31. The van der Waals surface area contributed by atoms with E-state index >= 15 is 0 Å². The van der Waals surface area contributed by atoms with Crippen LogP contribution in [0.15, 0.2) is 42.5 Å². The fourth-order valence-corrected chi connectivity index (χ4v) is 4.36. The van der Waals surface area contributed by atoms with Crippen LogP contribution in [0.25, 0.3) is 21.8 Å². The number of nitrogens with zero attached hydrogens (tertiary/aromatic N) is 2. The molecular weight excluding hydrogens is 384 g/mol. The number of ether oxygens (including phenoxy) is 3. The average Bonchev–Trinajstić information content (AvgIpc) is 3.03. The number of carbonyl (C=O) groups excluding carboxylic acids is 1. The normalized spacial score (nSPS) is 15.0. The second kappa shape index (κ2) is 6.74. The van der Waals surface area contributed by atoms with Crippen LogP contribution in [0.1, 0.15) is 33.4 Å². The summed E-state index contributed by atoms with van der Waals surface area (Å²) >= 11 is 0. The first-order valence-electron chi connectivity index (χ1n) is 9.50. The maximum atomic E-state index is 12.3. The van der Waals surface area contributed by atoms with Crippen LogP contribution in [-0.2, 0) is 11.3 Å². The van der Waals surface area contributed by atoms with Crippen LogP contribution >= 0.6 is 0 Å². The monoisotopic (exact) mass is 404 g/mol. The summed E-state index contributed by atoms with van der Waals surface area (Å²) in [7, 11) is 4.46. The molecule has 2 aromatic carbocycles. The maximum Gasteiger partial charge on any atom is 0.356 e. The molecule has 0 aliphatic carbocycles. The quantitative estimate of drug-likeness (QED) is 0.527. The van der Waals surface area contributed by atoms with E-state index in [4.69, 9.17) is 14.2 Å². The van der Waals surface area contributed by atoms with Crippen molar-refractivity contribution in [2.24, 2.45) is 0 Å². The van der Waals surface area contributed by atoms with Gasteiger partial charge in [-0.1, -0.05) is 18.2 Å². The van der Waals surface area contributed by atoms with E-state index in [0.717, 1.165) is 27.4 Å². The molecule has 0 saturated heterocycles. The number of hydrogen-bond donors (Lipinski definition) is 1. The van der Waals surface area contributed by atoms with Crippen LogP contribution in [0.2, 0.25) is 0 Å². The Morgan fingerprint density at radius 2 is 1.90 bits per heavy atom. The van der Waals surface area contributed by atoms with Gasteiger partial charge in [-0.15, -0.1) is 0 Å². The second-order valence-electron chi connectivity index (χ2n) is 7.19. The second-order valence-corrected chi connectivity index (χ2v) is 7.19. The van der Waals surface area contributed by atoms with Gasteiger partial charge in [0.2, 0.25) is 0 Å². The molecule has 1 aliphatic rings. The Bertz CT molecular complexity index is 1320. The summed E-state index contributed by atoms with van der Waals surface area (Å²) in [6.07, 6.45) is -1.08. The van der Waals surface area contributed by atoms with Crippen LogP contribution < -0.4 is 9.47 Å². The van der Waals surface area contributed by atoms with E-state index in [1.807, 2.05) is 30.3 Å². The predicted molar refractivity (Wildman–Crippen MR) is 111 cm³/mol. The highest BCUT2D eigenvalue weighted by atomic mass is 16.5. The molecule has 5 rings (SSSR count). The smallest absolute Gasteiger partial charge is 0.356 e. The van der Waals surface area contributed by atoms with E-state index in [1.165, 1.54) is 7.11 Å². The molecule has 0 amide bonds. The number of pyridine rings is 1. The lowest BCUT2D eigenvalue weighted by atomic mass is 9.97. The number of carbonyl (C=O) groups is 1. The summed E-state index contributed by atoms with van der Waals surface area (Å²) in [6.45, 7) is 0.496. The summed E-state index contributed by atoms with van der Waals surface area (Å²) in [6, 6.07) is 13.3. The molecule has 30 heavy (non-hydrogen) atoms. The number of esters is 1. The van der Waals surface area contributed by atoms with Crippen molar-refractivity contribution < 1.29 is 24.1 Å². The molecule has 1 unspecified atom stereocenters. The van der Waals surface area contributed by atoms with E-state index in [2.05, 4.69) is 9.55 Å². The molecule has 0 radical (unpaired) electrons. The van der Waals surface area contributed by atoms with Gasteiger partial charge in [-0.2, -0.15) is 0 Å². The van der Waals surface area contributed by atoms with Gasteiger partial charge in [0.05, 0.1) is 32.5 Å². The largest absolute Gasteiger partial charge is 0.497 e. The van der Waals surface area contributed by atoms with Gasteiger partial charge in [-0.25, -0.2) is 9.78 Å². The van der Waals surface area contributed by atoms with Crippen LogP contribution in [0.3, 0.4) is 0 Å². The van der Waals surface area contributed by atoms with Gasteiger partial charge in [-0.05, 0) is 23.8 Å². The van der Waals surface area contributed by atoms with Crippen molar-refractivity contribution >= 4 is 27.8 Å². The summed E-state index contributed by atoms with van der Waals surface area (Å²) in [5, 5.41) is 13.3. The fraction of sp³-hybridized carbons (Fsp3) is 0.217. The lowest BCUT2D eigenvalue weighted by molar-refractivity contribution is 0.0593. The highest BCUT2D eigenvalue weighted by Crippen LogP contribution is 2.43. The molecule has 1 aliphatic heterocycles. The van der Waals surface area contributed by atoms with Gasteiger partial charge in [-0.3, -0.25) is 0 Å². The molecule has 1 N–H and O–H groups in total. The first-order valence-corrected chi connectivity index (χ1v) is 9.50. The van der Waals surface area contributed by atoms with Crippen molar-refractivity contribution in [2.75, 3.05) is 21.3 Å². The number of para-hydroxylation sites is 1. The number of fused-ring (bicyclic) bond motifs is 4. The first-order chi connectivity index (χ1) is 14.6. The Balaban J connectivity index is 1.92. The Labute approximate surface area is 172 Å². The molecule has 152 valence electrons. The van der Waals surface area contributed by atoms with Gasteiger partial charge in [0.1, 0.15) is 23.3 Å². The minimum Gasteiger partial charge on any atom is -0.497 e. The third kappa shape index (κ3) is 2.48. The molecule has 2 aromatic heterocycles. The van der Waals surface area contributed by atoms with Crippen molar-refractivity contribution in [3.05, 3.63) is 65.0 Å². The average molecular weight is 404 g/mol. The Morgan fingerprint density at radius 3 is 2.63 bits per heavy atom. The zero-order chi connectivity index (χ0) is 21.0. The fourth-order valence-electron chi connectivity index (χ4n) is 4.36. The Kier molecular flexibility index (Phi) is 4.15. The van der Waals surface area contributed by atoms with Gasteiger partial charge in [0, 0.05) is 34.5 Å². The highest BCUT2D eigenvalue weighted by molar-refractivity contribution is 6.10. The van der Waals surface area contributed by atoms with Gasteiger partial charge in [0.15, 0.2) is 0 Å². The van der Waals surface area contributed by atoms with Crippen LogP contribution in [0.4, 0.5) is 0 Å². The minimum atomic E-state index is -1.08. The van der Waals surface area contributed by atoms with E-state index in [-0.39, 0.29) is 5.69 Å². The number of aliphatic hydroxyl groups excluding tert-OH is 1.